The van der Waals surface area contributed by atoms with Gasteiger partial charge in [-0.2, -0.15) is 14.9 Å². The Labute approximate surface area is 225 Å². The van der Waals surface area contributed by atoms with Crippen molar-refractivity contribution in [3.8, 4) is 17.2 Å². The number of hydrogen-bond donors (Lipinski definition) is 3. The van der Waals surface area contributed by atoms with Gasteiger partial charge in [-0.25, -0.2) is 13.8 Å². The van der Waals surface area contributed by atoms with Gasteiger partial charge in [-0.1, -0.05) is 0 Å². The van der Waals surface area contributed by atoms with Gasteiger partial charge in [0.25, 0.3) is 11.5 Å². The number of piperazine rings is 1. The zero-order valence-corrected chi connectivity index (χ0v) is 20.9. The summed E-state index contributed by atoms with van der Waals surface area (Å²) in [6.07, 6.45) is 2.81. The molecule has 5 aromatic rings. The number of anilines is 2. The Hall–Kier alpha value is -5.17. The standard InChI is InChI=1S/C27H22F2N8O3/c28-16-1-4-18(5-2-16)37-27(39)19(7-10-32-37)26(38)33-17-3-6-21(20(29)15-17)40-22-8-9-31-24-23(22)25(35-34-24)36-13-11-30-12-14-36/h1-10,15,30H,11-14H2,(H,33,38)(H,31,34,35). The van der Waals surface area contributed by atoms with E-state index >= 15 is 4.39 Å². The number of nitrogens with zero attached hydrogens (tertiary/aromatic N) is 5. The molecule has 0 bridgehead atoms. The van der Waals surface area contributed by atoms with Gasteiger partial charge < -0.3 is 20.3 Å². The van der Waals surface area contributed by atoms with Crippen LogP contribution in [-0.2, 0) is 0 Å². The van der Waals surface area contributed by atoms with Crippen molar-refractivity contribution in [3.05, 3.63) is 94.5 Å². The predicted molar refractivity (Wildman–Crippen MR) is 143 cm³/mol. The van der Waals surface area contributed by atoms with Gasteiger partial charge in [-0.05, 0) is 42.5 Å². The molecule has 3 N–H and O–H groups in total. The maximum Gasteiger partial charge on any atom is 0.284 e. The van der Waals surface area contributed by atoms with Gasteiger partial charge in [-0.3, -0.25) is 14.7 Å². The summed E-state index contributed by atoms with van der Waals surface area (Å²) in [5.41, 5.74) is -0.0200. The molecular formula is C27H22F2N8O3. The molecule has 13 heteroatoms. The average molecular weight is 545 g/mol. The second-order valence-electron chi connectivity index (χ2n) is 8.96. The second-order valence-corrected chi connectivity index (χ2v) is 8.96. The molecule has 11 nitrogen and oxygen atoms in total. The van der Waals surface area contributed by atoms with E-state index in [-0.39, 0.29) is 22.7 Å². The van der Waals surface area contributed by atoms with Crippen molar-refractivity contribution in [2.45, 2.75) is 0 Å². The van der Waals surface area contributed by atoms with Crippen LogP contribution < -0.4 is 25.8 Å². The monoisotopic (exact) mass is 544 g/mol. The lowest BCUT2D eigenvalue weighted by molar-refractivity contribution is 0.102. The van der Waals surface area contributed by atoms with Crippen LogP contribution in [0.15, 0.2) is 71.8 Å². The Morgan fingerprint density at radius 2 is 1.77 bits per heavy atom. The number of amides is 1. The molecule has 6 rings (SSSR count). The summed E-state index contributed by atoms with van der Waals surface area (Å²) in [4.78, 5) is 32.1. The lowest BCUT2D eigenvalue weighted by Gasteiger charge is -2.27. The molecule has 0 unspecified atom stereocenters. The summed E-state index contributed by atoms with van der Waals surface area (Å²) in [6.45, 7) is 3.13. The van der Waals surface area contributed by atoms with Crippen LogP contribution in [0.5, 0.6) is 11.5 Å². The molecule has 1 aliphatic heterocycles. The SMILES string of the molecule is O=C(Nc1ccc(Oc2ccnc3[nH]nc(N4CCNCC4)c23)c(F)c1)c1ccnn(-c2ccc(F)cc2)c1=O. The highest BCUT2D eigenvalue weighted by Crippen LogP contribution is 2.36. The van der Waals surface area contributed by atoms with Gasteiger partial charge in [0.1, 0.15) is 22.5 Å². The highest BCUT2D eigenvalue weighted by molar-refractivity contribution is 6.04. The van der Waals surface area contributed by atoms with Crippen LogP contribution in [0.1, 0.15) is 10.4 Å². The lowest BCUT2D eigenvalue weighted by Crippen LogP contribution is -2.43. The van der Waals surface area contributed by atoms with Crippen LogP contribution in [0.4, 0.5) is 20.3 Å². The predicted octanol–water partition coefficient (Wildman–Crippen LogP) is 3.24. The maximum absolute atomic E-state index is 15.1. The molecule has 1 fully saturated rings. The quantitative estimate of drug-likeness (QED) is 0.297. The van der Waals surface area contributed by atoms with Crippen LogP contribution in [-0.4, -0.2) is 57.0 Å². The fourth-order valence-corrected chi connectivity index (χ4v) is 4.43. The Balaban J connectivity index is 1.23. The van der Waals surface area contributed by atoms with E-state index in [0.717, 1.165) is 36.9 Å². The van der Waals surface area contributed by atoms with Crippen molar-refractivity contribution in [3.63, 3.8) is 0 Å². The average Bonchev–Trinajstić information content (AvgIpc) is 3.41. The third kappa shape index (κ3) is 4.85. The minimum absolute atomic E-state index is 0.0689. The van der Waals surface area contributed by atoms with E-state index in [9.17, 15) is 14.0 Å². The summed E-state index contributed by atoms with van der Waals surface area (Å²) in [7, 11) is 0. The molecule has 1 aliphatic rings. The molecule has 0 atom stereocenters. The molecule has 3 aromatic heterocycles. The molecule has 1 saturated heterocycles. The third-order valence-electron chi connectivity index (χ3n) is 6.39. The zero-order valence-electron chi connectivity index (χ0n) is 20.9. The minimum Gasteiger partial charge on any atom is -0.453 e. The van der Waals surface area contributed by atoms with E-state index in [2.05, 4.69) is 35.8 Å². The van der Waals surface area contributed by atoms with Crippen molar-refractivity contribution in [1.29, 1.82) is 0 Å². The largest absolute Gasteiger partial charge is 0.453 e. The molecular weight excluding hydrogens is 522 g/mol. The molecule has 0 aliphatic carbocycles. The van der Waals surface area contributed by atoms with Crippen LogP contribution in [0.2, 0.25) is 0 Å². The lowest BCUT2D eigenvalue weighted by atomic mass is 10.2. The number of halogens is 2. The summed E-state index contributed by atoms with van der Waals surface area (Å²) in [5, 5.41) is 17.7. The number of hydrogen-bond acceptors (Lipinski definition) is 8. The number of fused-ring (bicyclic) bond motifs is 1. The van der Waals surface area contributed by atoms with Gasteiger partial charge >= 0.3 is 0 Å². The topological polar surface area (TPSA) is 130 Å². The first-order valence-electron chi connectivity index (χ1n) is 12.4. The maximum atomic E-state index is 15.1. The molecule has 0 saturated carbocycles. The number of H-pyrrole nitrogens is 1. The smallest absolute Gasteiger partial charge is 0.284 e. The van der Waals surface area contributed by atoms with Crippen LogP contribution >= 0.6 is 0 Å². The van der Waals surface area contributed by atoms with Crippen molar-refractivity contribution in [2.75, 3.05) is 36.4 Å². The van der Waals surface area contributed by atoms with Crippen LogP contribution in [0.25, 0.3) is 16.7 Å². The normalized spacial score (nSPS) is 13.4. The van der Waals surface area contributed by atoms with Crippen molar-refractivity contribution >= 4 is 28.4 Å². The van der Waals surface area contributed by atoms with Gasteiger partial charge in [0.05, 0.1) is 5.69 Å². The third-order valence-corrected chi connectivity index (χ3v) is 6.39. The molecule has 40 heavy (non-hydrogen) atoms. The molecule has 4 heterocycles. The van der Waals surface area contributed by atoms with Gasteiger partial charge in [0.2, 0.25) is 0 Å². The summed E-state index contributed by atoms with van der Waals surface area (Å²) in [5.74, 6) is -0.980. The number of carbonyl (C=O) groups excluding carboxylic acids is 1. The summed E-state index contributed by atoms with van der Waals surface area (Å²) >= 11 is 0. The van der Waals surface area contributed by atoms with Crippen molar-refractivity contribution < 1.29 is 18.3 Å². The fraction of sp³-hybridized carbons (Fsp3) is 0.148. The van der Waals surface area contributed by atoms with Crippen LogP contribution in [0.3, 0.4) is 0 Å². The van der Waals surface area contributed by atoms with E-state index in [4.69, 9.17) is 4.74 Å². The van der Waals surface area contributed by atoms with E-state index in [0.29, 0.717) is 22.6 Å². The van der Waals surface area contributed by atoms with Crippen molar-refractivity contribution in [1.82, 2.24) is 30.3 Å². The first-order valence-corrected chi connectivity index (χ1v) is 12.4. The van der Waals surface area contributed by atoms with E-state index in [1.54, 1.807) is 6.07 Å². The molecule has 1 amide bonds. The Morgan fingerprint density at radius 3 is 2.55 bits per heavy atom. The first kappa shape index (κ1) is 25.1. The Kier molecular flexibility index (Phi) is 6.62. The van der Waals surface area contributed by atoms with Crippen molar-refractivity contribution in [2.24, 2.45) is 0 Å². The zero-order chi connectivity index (χ0) is 27.6. The first-order chi connectivity index (χ1) is 19.5. The number of carbonyl (C=O) groups is 1. The molecule has 0 radical (unpaired) electrons. The second kappa shape index (κ2) is 10.5. The number of aromatic nitrogens is 5. The fourth-order valence-electron chi connectivity index (χ4n) is 4.43. The molecule has 2 aromatic carbocycles. The van der Waals surface area contributed by atoms with Gasteiger partial charge in [-0.15, -0.1) is 0 Å². The van der Waals surface area contributed by atoms with E-state index in [1.807, 2.05) is 0 Å². The van der Waals surface area contributed by atoms with Crippen LogP contribution in [0, 0.1) is 11.6 Å². The Bertz CT molecular complexity index is 1760. The number of ether oxygens (including phenoxy) is 1. The summed E-state index contributed by atoms with van der Waals surface area (Å²) in [6, 6.07) is 11.9. The number of pyridine rings is 1. The molecule has 202 valence electrons. The number of rotatable bonds is 6. The van der Waals surface area contributed by atoms with E-state index < -0.39 is 23.1 Å². The summed E-state index contributed by atoms with van der Waals surface area (Å²) < 4.78 is 35.3. The molecule has 0 spiro atoms. The number of aromatic amines is 1. The minimum atomic E-state index is -0.758. The van der Waals surface area contributed by atoms with E-state index in [1.165, 1.54) is 54.9 Å². The Morgan fingerprint density at radius 1 is 0.975 bits per heavy atom. The number of nitrogens with one attached hydrogen (secondary N) is 3. The van der Waals surface area contributed by atoms with Gasteiger partial charge in [0.15, 0.2) is 23.0 Å². The highest BCUT2D eigenvalue weighted by atomic mass is 19.1. The highest BCUT2D eigenvalue weighted by Gasteiger charge is 2.21. The van der Waals surface area contributed by atoms with Gasteiger partial charge in [0, 0.05) is 56.4 Å². The number of benzene rings is 2.